The number of nitrogens with zero attached hydrogens (tertiary/aromatic N) is 3. The van der Waals surface area contributed by atoms with Crippen LogP contribution in [0.4, 0.5) is 0 Å². The van der Waals surface area contributed by atoms with Gasteiger partial charge in [-0.1, -0.05) is 13.8 Å². The van der Waals surface area contributed by atoms with Crippen molar-refractivity contribution in [1.29, 1.82) is 0 Å². The van der Waals surface area contributed by atoms with Gasteiger partial charge in [-0.25, -0.2) is 9.78 Å². The predicted octanol–water partition coefficient (Wildman–Crippen LogP) is 2.98. The number of aliphatic hydroxyl groups is 1. The van der Waals surface area contributed by atoms with Crippen molar-refractivity contribution in [3.05, 3.63) is 56.9 Å². The Labute approximate surface area is 202 Å². The number of carbonyl (C=O) groups is 1. The van der Waals surface area contributed by atoms with Gasteiger partial charge in [-0.05, 0) is 68.6 Å². The maximum atomic E-state index is 14.0. The Morgan fingerprint density at radius 2 is 1.94 bits per heavy atom. The number of hydrogen-bond acceptors (Lipinski definition) is 7. The van der Waals surface area contributed by atoms with E-state index in [1.165, 1.54) is 0 Å². The van der Waals surface area contributed by atoms with E-state index in [1.807, 2.05) is 0 Å². The summed E-state index contributed by atoms with van der Waals surface area (Å²) in [6, 6.07) is 6.68. The number of rotatable bonds is 4. The molecule has 0 unspecified atom stereocenters. The van der Waals surface area contributed by atoms with Crippen molar-refractivity contribution in [3.63, 3.8) is 0 Å². The quantitative estimate of drug-likeness (QED) is 0.559. The van der Waals surface area contributed by atoms with Gasteiger partial charge in [0.25, 0.3) is 5.56 Å². The zero-order chi connectivity index (χ0) is 24.5. The van der Waals surface area contributed by atoms with Gasteiger partial charge >= 0.3 is 5.97 Å². The molecule has 3 aliphatic rings. The zero-order valence-electron chi connectivity index (χ0n) is 20.0. The molecule has 1 aromatic carbocycles. The predicted molar refractivity (Wildman–Crippen MR) is 130 cm³/mol. The third kappa shape index (κ3) is 3.09. The Bertz CT molecular complexity index is 1440. The molecular formula is C27H29N3O5. The van der Waals surface area contributed by atoms with Crippen molar-refractivity contribution in [2.24, 2.45) is 0 Å². The van der Waals surface area contributed by atoms with E-state index in [0.29, 0.717) is 35.5 Å². The van der Waals surface area contributed by atoms with Gasteiger partial charge in [-0.3, -0.25) is 9.36 Å². The number of ether oxygens (including phenoxy) is 1. The van der Waals surface area contributed by atoms with E-state index in [4.69, 9.17) is 9.72 Å². The van der Waals surface area contributed by atoms with Crippen molar-refractivity contribution in [1.82, 2.24) is 14.5 Å². The number of phenols is 1. The first kappa shape index (κ1) is 22.2. The summed E-state index contributed by atoms with van der Waals surface area (Å²) in [6.07, 6.45) is 3.09. The standard InChI is InChI=1S/C27H29N3O5/c1-3-16-17-11-15(31)7-8-20(17)28-24-21-12-19-18(14-35-26(33)27(19,34)4-2)25(32)30(21)22(23(16)24)13-29-9-5-6-10-29/h7-8,11-12,22,31,34H,3-6,9-10,13-14H2,1-2H3/t22-,27-/m0/s1. The summed E-state index contributed by atoms with van der Waals surface area (Å²) in [5, 5.41) is 22.3. The second kappa shape index (κ2) is 7.90. The molecule has 1 fully saturated rings. The van der Waals surface area contributed by atoms with Crippen LogP contribution < -0.4 is 5.56 Å². The first-order valence-corrected chi connectivity index (χ1v) is 12.4. The summed E-state index contributed by atoms with van der Waals surface area (Å²) in [5.74, 6) is -0.545. The van der Waals surface area contributed by atoms with E-state index >= 15 is 0 Å². The maximum absolute atomic E-state index is 14.0. The lowest BCUT2D eigenvalue weighted by atomic mass is 9.86. The van der Waals surface area contributed by atoms with Gasteiger partial charge in [0.15, 0.2) is 5.60 Å². The lowest BCUT2D eigenvalue weighted by molar-refractivity contribution is -0.172. The minimum Gasteiger partial charge on any atom is -0.508 e. The first-order chi connectivity index (χ1) is 16.9. The molecule has 2 N–H and O–H groups in total. The molecule has 8 nitrogen and oxygen atoms in total. The number of benzene rings is 1. The lowest BCUT2D eigenvalue weighted by Gasteiger charge is -2.32. The second-order valence-corrected chi connectivity index (χ2v) is 9.82. The van der Waals surface area contributed by atoms with E-state index < -0.39 is 11.6 Å². The van der Waals surface area contributed by atoms with E-state index in [1.54, 1.807) is 35.8 Å². The van der Waals surface area contributed by atoms with Gasteiger partial charge in [0.1, 0.15) is 12.4 Å². The van der Waals surface area contributed by atoms with Crippen LogP contribution in [0.1, 0.15) is 61.4 Å². The molecule has 0 aliphatic carbocycles. The topological polar surface area (TPSA) is 105 Å². The number of pyridine rings is 2. The summed E-state index contributed by atoms with van der Waals surface area (Å²) in [6.45, 7) is 6.28. The Morgan fingerprint density at radius 1 is 1.17 bits per heavy atom. The number of fused-ring (bicyclic) bond motifs is 5. The van der Waals surface area contributed by atoms with Crippen LogP contribution in [0.25, 0.3) is 22.3 Å². The van der Waals surface area contributed by atoms with Crippen molar-refractivity contribution < 1.29 is 19.7 Å². The Hall–Kier alpha value is -3.23. The van der Waals surface area contributed by atoms with Crippen molar-refractivity contribution in [2.75, 3.05) is 19.6 Å². The van der Waals surface area contributed by atoms with E-state index in [-0.39, 0.29) is 30.4 Å². The Morgan fingerprint density at radius 3 is 2.66 bits per heavy atom. The highest BCUT2D eigenvalue weighted by atomic mass is 16.6. The number of aromatic nitrogens is 2. The van der Waals surface area contributed by atoms with E-state index in [9.17, 15) is 19.8 Å². The minimum atomic E-state index is -1.86. The van der Waals surface area contributed by atoms with Crippen LogP contribution in [0.15, 0.2) is 29.1 Å². The smallest absolute Gasteiger partial charge is 0.343 e. The van der Waals surface area contributed by atoms with Crippen molar-refractivity contribution in [2.45, 2.75) is 57.8 Å². The Balaban J connectivity index is 1.67. The molecule has 0 radical (unpaired) electrons. The Kier molecular flexibility index (Phi) is 5.02. The molecule has 1 saturated heterocycles. The van der Waals surface area contributed by atoms with Crippen LogP contribution >= 0.6 is 0 Å². The fourth-order valence-corrected chi connectivity index (χ4v) is 6.14. The molecular weight excluding hydrogens is 446 g/mol. The van der Waals surface area contributed by atoms with Crippen LogP contribution in [0.2, 0.25) is 0 Å². The average molecular weight is 476 g/mol. The molecule has 35 heavy (non-hydrogen) atoms. The molecule has 0 amide bonds. The van der Waals surface area contributed by atoms with Crippen LogP contribution in [0.3, 0.4) is 0 Å². The first-order valence-electron chi connectivity index (χ1n) is 12.4. The molecule has 0 bridgehead atoms. The summed E-state index contributed by atoms with van der Waals surface area (Å²) in [5.41, 5.74) is 2.68. The van der Waals surface area contributed by atoms with Gasteiger partial charge in [0, 0.05) is 23.1 Å². The van der Waals surface area contributed by atoms with Crippen LogP contribution in [0, 0.1) is 0 Å². The highest BCUT2D eigenvalue weighted by Crippen LogP contribution is 2.45. The molecule has 182 valence electrons. The third-order valence-electron chi connectivity index (χ3n) is 7.97. The van der Waals surface area contributed by atoms with Crippen LogP contribution in [0.5, 0.6) is 5.75 Å². The monoisotopic (exact) mass is 475 g/mol. The second-order valence-electron chi connectivity index (χ2n) is 9.82. The summed E-state index contributed by atoms with van der Waals surface area (Å²) < 4.78 is 7.06. The van der Waals surface area contributed by atoms with E-state index in [2.05, 4.69) is 11.8 Å². The van der Waals surface area contributed by atoms with Gasteiger partial charge < -0.3 is 19.8 Å². The van der Waals surface area contributed by atoms with Crippen LogP contribution in [-0.4, -0.2) is 50.3 Å². The number of aromatic hydroxyl groups is 1. The summed E-state index contributed by atoms with van der Waals surface area (Å²) >= 11 is 0. The molecule has 6 rings (SSSR count). The molecule has 3 aliphatic heterocycles. The van der Waals surface area contributed by atoms with Crippen molar-refractivity contribution in [3.8, 4) is 17.1 Å². The number of cyclic esters (lactones) is 1. The molecule has 8 heteroatoms. The SMILES string of the molecule is CCc1c2c(nc3ccc(O)cc13)-c1cc3c(c(=O)n1[C@H]2CN1CCCC1)COC(=O)[C@]3(O)CC. The number of phenolic OH excluding ortho intramolecular Hbond substituents is 1. The lowest BCUT2D eigenvalue weighted by Crippen LogP contribution is -2.45. The molecule has 0 spiro atoms. The largest absolute Gasteiger partial charge is 0.508 e. The van der Waals surface area contributed by atoms with E-state index in [0.717, 1.165) is 48.0 Å². The normalized spacial score (nSPS) is 23.3. The van der Waals surface area contributed by atoms with Gasteiger partial charge in [0.05, 0.1) is 28.5 Å². The molecule has 0 saturated carbocycles. The fourth-order valence-electron chi connectivity index (χ4n) is 6.14. The number of likely N-dealkylation sites (tertiary alicyclic amines) is 1. The van der Waals surface area contributed by atoms with Crippen molar-refractivity contribution >= 4 is 16.9 Å². The number of carbonyl (C=O) groups excluding carboxylic acids is 1. The third-order valence-corrected chi connectivity index (χ3v) is 7.97. The fraction of sp³-hybridized carbons (Fsp3) is 0.444. The molecule has 5 heterocycles. The summed E-state index contributed by atoms with van der Waals surface area (Å²) in [4.78, 5) is 33.9. The molecule has 3 aromatic rings. The van der Waals surface area contributed by atoms with Gasteiger partial charge in [0.2, 0.25) is 0 Å². The van der Waals surface area contributed by atoms with Gasteiger partial charge in [-0.15, -0.1) is 0 Å². The summed E-state index contributed by atoms with van der Waals surface area (Å²) in [7, 11) is 0. The maximum Gasteiger partial charge on any atom is 0.343 e. The molecule has 2 aromatic heterocycles. The number of hydrogen-bond donors (Lipinski definition) is 2. The highest BCUT2D eigenvalue weighted by molar-refractivity contribution is 5.90. The zero-order valence-corrected chi connectivity index (χ0v) is 20.0. The highest BCUT2D eigenvalue weighted by Gasteiger charge is 2.46. The molecule has 2 atom stereocenters. The minimum absolute atomic E-state index is 0.108. The van der Waals surface area contributed by atoms with Crippen LogP contribution in [-0.2, 0) is 28.2 Å². The average Bonchev–Trinajstić information content (AvgIpc) is 3.47. The number of aryl methyl sites for hydroxylation is 1. The van der Waals surface area contributed by atoms with Gasteiger partial charge in [-0.2, -0.15) is 0 Å². The number of esters is 1.